The van der Waals surface area contributed by atoms with Crippen LogP contribution in [0.1, 0.15) is 32.7 Å². The van der Waals surface area contributed by atoms with Crippen molar-refractivity contribution in [1.29, 1.82) is 0 Å². The van der Waals surface area contributed by atoms with Gasteiger partial charge in [0.25, 0.3) is 5.91 Å². The fourth-order valence-electron chi connectivity index (χ4n) is 2.81. The molecule has 2 N–H and O–H groups in total. The Balaban J connectivity index is 1.73. The third-order valence-corrected chi connectivity index (χ3v) is 3.98. The zero-order chi connectivity index (χ0) is 18.5. The van der Waals surface area contributed by atoms with E-state index in [1.54, 1.807) is 24.7 Å². The van der Waals surface area contributed by atoms with Gasteiger partial charge in [0.05, 0.1) is 0 Å². The van der Waals surface area contributed by atoms with Gasteiger partial charge in [0, 0.05) is 30.8 Å². The molecule has 0 saturated heterocycles. The second kappa shape index (κ2) is 7.74. The molecule has 2 heterocycles. The second-order valence-electron chi connectivity index (χ2n) is 6.21. The van der Waals surface area contributed by atoms with Gasteiger partial charge in [-0.05, 0) is 49.6 Å². The fraction of sp³-hybridized carbons (Fsp3) is 0.200. The molecule has 0 aliphatic rings. The van der Waals surface area contributed by atoms with E-state index in [9.17, 15) is 4.79 Å². The van der Waals surface area contributed by atoms with Crippen molar-refractivity contribution in [3.63, 3.8) is 0 Å². The van der Waals surface area contributed by atoms with Crippen LogP contribution in [0, 0.1) is 20.8 Å². The standard InChI is InChI=1S/C20H21N5O/c1-13-9-14(2)18(15(3)10-13)25-20-22-8-6-17(24-20)19(26)23-12-16-5-4-7-21-11-16/h4-11H,12H2,1-3H3,(H,23,26)(H,22,24,25). The zero-order valence-electron chi connectivity index (χ0n) is 15.1. The highest BCUT2D eigenvalue weighted by atomic mass is 16.1. The number of hydrogen-bond acceptors (Lipinski definition) is 5. The van der Waals surface area contributed by atoms with E-state index in [1.165, 1.54) is 5.56 Å². The van der Waals surface area contributed by atoms with Crippen molar-refractivity contribution in [3.8, 4) is 0 Å². The Kier molecular flexibility index (Phi) is 5.22. The first-order valence-electron chi connectivity index (χ1n) is 8.38. The SMILES string of the molecule is Cc1cc(C)c(Nc2nccc(C(=O)NCc3cccnc3)n2)c(C)c1. The normalized spacial score (nSPS) is 10.4. The van der Waals surface area contributed by atoms with Crippen LogP contribution in [0.3, 0.4) is 0 Å². The number of rotatable bonds is 5. The largest absolute Gasteiger partial charge is 0.347 e. The molecule has 1 aromatic carbocycles. The molecular weight excluding hydrogens is 326 g/mol. The summed E-state index contributed by atoms with van der Waals surface area (Å²) in [5.41, 5.74) is 5.63. The first-order valence-corrected chi connectivity index (χ1v) is 8.38. The Labute approximate surface area is 152 Å². The van der Waals surface area contributed by atoms with E-state index in [2.05, 4.69) is 44.6 Å². The number of carbonyl (C=O) groups excluding carboxylic acids is 1. The van der Waals surface area contributed by atoms with Gasteiger partial charge in [0.2, 0.25) is 5.95 Å². The molecule has 0 atom stereocenters. The van der Waals surface area contributed by atoms with Gasteiger partial charge >= 0.3 is 0 Å². The summed E-state index contributed by atoms with van der Waals surface area (Å²) < 4.78 is 0. The summed E-state index contributed by atoms with van der Waals surface area (Å²) in [6, 6.07) is 9.53. The van der Waals surface area contributed by atoms with Crippen LogP contribution in [-0.4, -0.2) is 20.9 Å². The van der Waals surface area contributed by atoms with Gasteiger partial charge in [-0.25, -0.2) is 9.97 Å². The number of pyridine rings is 1. The molecule has 6 nitrogen and oxygen atoms in total. The topological polar surface area (TPSA) is 79.8 Å². The molecular formula is C20H21N5O. The van der Waals surface area contributed by atoms with E-state index in [1.807, 2.05) is 26.0 Å². The summed E-state index contributed by atoms with van der Waals surface area (Å²) in [7, 11) is 0. The minimum absolute atomic E-state index is 0.253. The van der Waals surface area contributed by atoms with Crippen molar-refractivity contribution in [2.45, 2.75) is 27.3 Å². The number of nitrogens with one attached hydrogen (secondary N) is 2. The summed E-state index contributed by atoms with van der Waals surface area (Å²) >= 11 is 0. The van der Waals surface area contributed by atoms with E-state index in [4.69, 9.17) is 0 Å². The predicted molar refractivity (Wildman–Crippen MR) is 101 cm³/mol. The smallest absolute Gasteiger partial charge is 0.270 e. The molecule has 3 rings (SSSR count). The number of aryl methyl sites for hydroxylation is 3. The maximum absolute atomic E-state index is 12.4. The maximum Gasteiger partial charge on any atom is 0.270 e. The van der Waals surface area contributed by atoms with E-state index < -0.39 is 0 Å². The van der Waals surface area contributed by atoms with Gasteiger partial charge in [-0.1, -0.05) is 23.8 Å². The Morgan fingerprint density at radius 3 is 2.54 bits per heavy atom. The number of benzene rings is 1. The molecule has 6 heteroatoms. The number of aromatic nitrogens is 3. The van der Waals surface area contributed by atoms with Crippen molar-refractivity contribution in [3.05, 3.63) is 76.9 Å². The molecule has 0 bridgehead atoms. The molecule has 0 spiro atoms. The summed E-state index contributed by atoms with van der Waals surface area (Å²) in [4.78, 5) is 24.9. The summed E-state index contributed by atoms with van der Waals surface area (Å²) in [6.45, 7) is 6.53. The molecule has 0 fully saturated rings. The maximum atomic E-state index is 12.4. The highest BCUT2D eigenvalue weighted by molar-refractivity contribution is 5.92. The van der Waals surface area contributed by atoms with Gasteiger partial charge in [-0.15, -0.1) is 0 Å². The van der Waals surface area contributed by atoms with Crippen LogP contribution in [0.15, 0.2) is 48.9 Å². The third kappa shape index (κ3) is 4.22. The number of amides is 1. The lowest BCUT2D eigenvalue weighted by Gasteiger charge is -2.13. The van der Waals surface area contributed by atoms with Gasteiger partial charge in [-0.3, -0.25) is 9.78 Å². The first-order chi connectivity index (χ1) is 12.5. The Morgan fingerprint density at radius 1 is 1.08 bits per heavy atom. The number of carbonyl (C=O) groups is 1. The van der Waals surface area contributed by atoms with Gasteiger partial charge in [0.1, 0.15) is 5.69 Å². The predicted octanol–water partition coefficient (Wildman–Crippen LogP) is 3.47. The molecule has 132 valence electrons. The Bertz CT molecular complexity index is 901. The van der Waals surface area contributed by atoms with Gasteiger partial charge in [-0.2, -0.15) is 0 Å². The summed E-state index contributed by atoms with van der Waals surface area (Å²) in [6.07, 6.45) is 4.99. The molecule has 3 aromatic rings. The highest BCUT2D eigenvalue weighted by Crippen LogP contribution is 2.24. The average Bonchev–Trinajstić information content (AvgIpc) is 2.64. The number of hydrogen-bond donors (Lipinski definition) is 2. The van der Waals surface area contributed by atoms with Crippen LogP contribution in [0.2, 0.25) is 0 Å². The van der Waals surface area contributed by atoms with Crippen LogP contribution < -0.4 is 10.6 Å². The van der Waals surface area contributed by atoms with Gasteiger partial charge < -0.3 is 10.6 Å². The van der Waals surface area contributed by atoms with Crippen LogP contribution in [0.5, 0.6) is 0 Å². The second-order valence-corrected chi connectivity index (χ2v) is 6.21. The van der Waals surface area contributed by atoms with Crippen LogP contribution >= 0.6 is 0 Å². The van der Waals surface area contributed by atoms with Gasteiger partial charge in [0.15, 0.2) is 0 Å². The summed E-state index contributed by atoms with van der Waals surface area (Å²) in [5.74, 6) is 0.144. The molecule has 0 unspecified atom stereocenters. The Hall–Kier alpha value is -3.28. The molecule has 0 saturated carbocycles. The van der Waals surface area contributed by atoms with E-state index >= 15 is 0 Å². The van der Waals surface area contributed by atoms with E-state index in [0.29, 0.717) is 18.2 Å². The first kappa shape index (κ1) is 17.5. The monoisotopic (exact) mass is 347 g/mol. The van der Waals surface area contributed by atoms with Crippen molar-refractivity contribution in [2.24, 2.45) is 0 Å². The molecule has 0 aliphatic carbocycles. The van der Waals surface area contributed by atoms with E-state index in [0.717, 1.165) is 22.4 Å². The van der Waals surface area contributed by atoms with Crippen molar-refractivity contribution >= 4 is 17.5 Å². The number of anilines is 2. The van der Waals surface area contributed by atoms with E-state index in [-0.39, 0.29) is 5.91 Å². The quantitative estimate of drug-likeness (QED) is 0.739. The molecule has 2 aromatic heterocycles. The zero-order valence-corrected chi connectivity index (χ0v) is 15.1. The number of nitrogens with zero attached hydrogens (tertiary/aromatic N) is 3. The molecule has 0 aliphatic heterocycles. The molecule has 1 amide bonds. The van der Waals surface area contributed by atoms with Crippen LogP contribution in [0.25, 0.3) is 0 Å². The molecule has 0 radical (unpaired) electrons. The minimum Gasteiger partial charge on any atom is -0.347 e. The lowest BCUT2D eigenvalue weighted by atomic mass is 10.1. The Morgan fingerprint density at radius 2 is 1.85 bits per heavy atom. The summed E-state index contributed by atoms with van der Waals surface area (Å²) in [5, 5.41) is 6.06. The minimum atomic E-state index is -0.253. The van der Waals surface area contributed by atoms with Crippen molar-refractivity contribution in [2.75, 3.05) is 5.32 Å². The third-order valence-electron chi connectivity index (χ3n) is 3.98. The van der Waals surface area contributed by atoms with Crippen LogP contribution in [0.4, 0.5) is 11.6 Å². The average molecular weight is 347 g/mol. The van der Waals surface area contributed by atoms with Crippen LogP contribution in [-0.2, 0) is 6.54 Å². The highest BCUT2D eigenvalue weighted by Gasteiger charge is 2.10. The molecule has 26 heavy (non-hydrogen) atoms. The van der Waals surface area contributed by atoms with Crippen molar-refractivity contribution in [1.82, 2.24) is 20.3 Å². The fourth-order valence-corrected chi connectivity index (χ4v) is 2.81. The van der Waals surface area contributed by atoms with Crippen molar-refractivity contribution < 1.29 is 4.79 Å². The lowest BCUT2D eigenvalue weighted by Crippen LogP contribution is -2.24. The lowest BCUT2D eigenvalue weighted by molar-refractivity contribution is 0.0946.